The minimum absolute atomic E-state index is 0.0621. The van der Waals surface area contributed by atoms with Crippen LogP contribution in [0.15, 0.2) is 41.4 Å². The van der Waals surface area contributed by atoms with Crippen molar-refractivity contribution in [2.45, 2.75) is 23.7 Å². The van der Waals surface area contributed by atoms with Crippen molar-refractivity contribution in [2.24, 2.45) is 0 Å². The van der Waals surface area contributed by atoms with Crippen molar-refractivity contribution in [1.29, 1.82) is 5.26 Å². The first-order chi connectivity index (χ1) is 14.0. The number of nitrogens with one attached hydrogen (secondary N) is 2. The molecule has 150 valence electrons. The predicted molar refractivity (Wildman–Crippen MR) is 107 cm³/mol. The fraction of sp³-hybridized carbons (Fsp3) is 0.350. The Bertz CT molecular complexity index is 1070. The molecule has 0 aliphatic carbocycles. The van der Waals surface area contributed by atoms with E-state index in [1.165, 1.54) is 12.3 Å². The lowest BCUT2D eigenvalue weighted by Crippen LogP contribution is -2.33. The molecule has 0 saturated carbocycles. The number of amides is 1. The number of rotatable bonds is 6. The Morgan fingerprint density at radius 1 is 1.24 bits per heavy atom. The van der Waals surface area contributed by atoms with E-state index in [0.29, 0.717) is 35.6 Å². The first-order valence-electron chi connectivity index (χ1n) is 9.51. The van der Waals surface area contributed by atoms with Gasteiger partial charge in [0, 0.05) is 25.0 Å². The molecule has 29 heavy (non-hydrogen) atoms. The number of sulfonamides is 1. The molecule has 2 aliphatic rings. The summed E-state index contributed by atoms with van der Waals surface area (Å²) in [5, 5.41) is 11.9. The molecule has 1 unspecified atom stereocenters. The van der Waals surface area contributed by atoms with Crippen LogP contribution in [0.5, 0.6) is 0 Å². The van der Waals surface area contributed by atoms with Crippen molar-refractivity contribution in [3.05, 3.63) is 53.3 Å². The lowest BCUT2D eigenvalue weighted by Gasteiger charge is -2.15. The zero-order chi connectivity index (χ0) is 20.4. The van der Waals surface area contributed by atoms with Crippen LogP contribution in [-0.4, -0.2) is 50.4 Å². The lowest BCUT2D eigenvalue weighted by molar-refractivity contribution is -0.116. The second kappa shape index (κ2) is 7.91. The minimum Gasteiger partial charge on any atom is -0.325 e. The molecule has 1 aromatic heterocycles. The van der Waals surface area contributed by atoms with E-state index >= 15 is 0 Å². The van der Waals surface area contributed by atoms with E-state index in [1.807, 2.05) is 0 Å². The van der Waals surface area contributed by atoms with E-state index in [-0.39, 0.29) is 10.8 Å². The van der Waals surface area contributed by atoms with E-state index in [9.17, 15) is 13.2 Å². The van der Waals surface area contributed by atoms with Gasteiger partial charge in [0.1, 0.15) is 10.8 Å². The summed E-state index contributed by atoms with van der Waals surface area (Å²) in [5.41, 5.74) is 2.20. The number of fused-ring (bicyclic) bond motifs is 1. The van der Waals surface area contributed by atoms with E-state index < -0.39 is 15.9 Å². The topological polar surface area (TPSA) is 115 Å². The predicted octanol–water partition coefficient (Wildman–Crippen LogP) is 1.41. The molecule has 9 heteroatoms. The van der Waals surface area contributed by atoms with E-state index in [2.05, 4.69) is 26.0 Å². The van der Waals surface area contributed by atoms with Crippen LogP contribution in [0.3, 0.4) is 0 Å². The van der Waals surface area contributed by atoms with Crippen LogP contribution in [0.1, 0.15) is 35.6 Å². The van der Waals surface area contributed by atoms with Gasteiger partial charge in [-0.25, -0.2) is 13.1 Å². The van der Waals surface area contributed by atoms with Gasteiger partial charge < -0.3 is 10.2 Å². The van der Waals surface area contributed by atoms with Gasteiger partial charge in [0.05, 0.1) is 17.3 Å². The van der Waals surface area contributed by atoms with E-state index in [1.54, 1.807) is 24.3 Å². The fourth-order valence-electron chi connectivity index (χ4n) is 3.77. The van der Waals surface area contributed by atoms with Gasteiger partial charge in [-0.2, -0.15) is 5.26 Å². The van der Waals surface area contributed by atoms with Gasteiger partial charge in [-0.05, 0) is 61.8 Å². The summed E-state index contributed by atoms with van der Waals surface area (Å²) in [6.45, 7) is 3.05. The van der Waals surface area contributed by atoms with Crippen LogP contribution in [0.25, 0.3) is 0 Å². The zero-order valence-corrected chi connectivity index (χ0v) is 16.6. The van der Waals surface area contributed by atoms with Crippen LogP contribution in [-0.2, 0) is 14.8 Å². The third kappa shape index (κ3) is 4.00. The Balaban J connectivity index is 1.49. The van der Waals surface area contributed by atoms with Crippen LogP contribution in [0, 0.1) is 11.3 Å². The molecule has 3 heterocycles. The first-order valence-corrected chi connectivity index (χ1v) is 11.0. The quantitative estimate of drug-likeness (QED) is 0.743. The van der Waals surface area contributed by atoms with Crippen LogP contribution in [0.2, 0.25) is 0 Å². The zero-order valence-electron chi connectivity index (χ0n) is 15.8. The highest BCUT2D eigenvalue weighted by Gasteiger charge is 2.33. The molecular formula is C20H21N5O3S. The van der Waals surface area contributed by atoms with Crippen LogP contribution < -0.4 is 10.0 Å². The van der Waals surface area contributed by atoms with Gasteiger partial charge in [-0.15, -0.1) is 0 Å². The molecular weight excluding hydrogens is 390 g/mol. The number of likely N-dealkylation sites (tertiary alicyclic amines) is 1. The number of anilines is 1. The highest BCUT2D eigenvalue weighted by molar-refractivity contribution is 7.89. The number of hydrogen-bond acceptors (Lipinski definition) is 6. The van der Waals surface area contributed by atoms with Gasteiger partial charge in [0.2, 0.25) is 15.9 Å². The number of nitriles is 1. The number of carbonyl (C=O) groups excluding carboxylic acids is 1. The average molecular weight is 411 g/mol. The first kappa shape index (κ1) is 19.5. The normalized spacial score (nSPS) is 19.0. The van der Waals surface area contributed by atoms with Crippen molar-refractivity contribution >= 4 is 21.6 Å². The van der Waals surface area contributed by atoms with Crippen molar-refractivity contribution in [3.63, 3.8) is 0 Å². The largest absolute Gasteiger partial charge is 0.325 e. The summed E-state index contributed by atoms with van der Waals surface area (Å²) in [5.74, 6) is -0.917. The second-order valence-electron chi connectivity index (χ2n) is 7.20. The summed E-state index contributed by atoms with van der Waals surface area (Å²) in [6.07, 6.45) is 3.59. The maximum absolute atomic E-state index is 12.5. The SMILES string of the molecule is N#Cc1ccc2c(c1)C(c1ccc(S(=O)(=O)NCCN3CCCC3)cn1)C(=O)N2. The molecule has 0 radical (unpaired) electrons. The van der Waals surface area contributed by atoms with Gasteiger partial charge in [-0.1, -0.05) is 0 Å². The molecule has 1 fully saturated rings. The Morgan fingerprint density at radius 3 is 2.72 bits per heavy atom. The molecule has 2 aliphatic heterocycles. The molecule has 2 aromatic rings. The maximum Gasteiger partial charge on any atom is 0.242 e. The number of benzene rings is 1. The summed E-state index contributed by atoms with van der Waals surface area (Å²) in [7, 11) is -3.66. The second-order valence-corrected chi connectivity index (χ2v) is 8.97. The smallest absolute Gasteiger partial charge is 0.242 e. The van der Waals surface area contributed by atoms with Gasteiger partial charge in [0.15, 0.2) is 0 Å². The molecule has 1 amide bonds. The third-order valence-electron chi connectivity index (χ3n) is 5.30. The van der Waals surface area contributed by atoms with Crippen molar-refractivity contribution < 1.29 is 13.2 Å². The average Bonchev–Trinajstić information content (AvgIpc) is 3.34. The molecule has 0 bridgehead atoms. The number of nitrogens with zero attached hydrogens (tertiary/aromatic N) is 3. The number of hydrogen-bond donors (Lipinski definition) is 2. The molecule has 2 N–H and O–H groups in total. The Morgan fingerprint density at radius 2 is 2.03 bits per heavy atom. The van der Waals surface area contributed by atoms with Gasteiger partial charge in [0.25, 0.3) is 0 Å². The molecule has 1 atom stereocenters. The van der Waals surface area contributed by atoms with Crippen LogP contribution >= 0.6 is 0 Å². The van der Waals surface area contributed by atoms with Crippen molar-refractivity contribution in [2.75, 3.05) is 31.5 Å². The Kier molecular flexibility index (Phi) is 5.32. The summed E-state index contributed by atoms with van der Waals surface area (Å²) in [6, 6.07) is 10.1. The summed E-state index contributed by atoms with van der Waals surface area (Å²) in [4.78, 5) is 18.9. The van der Waals surface area contributed by atoms with E-state index in [4.69, 9.17) is 5.26 Å². The Hall–Kier alpha value is -2.80. The van der Waals surface area contributed by atoms with E-state index in [0.717, 1.165) is 25.9 Å². The number of carbonyl (C=O) groups is 1. The standard InChI is InChI=1S/C20H21N5O3S/c21-12-14-3-5-17-16(11-14)19(20(26)24-17)18-6-4-15(13-22-18)29(27,28)23-7-10-25-8-1-2-9-25/h3-6,11,13,19,23H,1-2,7-10H2,(H,24,26). The monoisotopic (exact) mass is 411 g/mol. The van der Waals surface area contributed by atoms with Gasteiger partial charge >= 0.3 is 0 Å². The Labute approximate surface area is 169 Å². The highest BCUT2D eigenvalue weighted by atomic mass is 32.2. The molecule has 1 saturated heterocycles. The molecule has 8 nitrogen and oxygen atoms in total. The molecule has 0 spiro atoms. The van der Waals surface area contributed by atoms with Crippen LogP contribution in [0.4, 0.5) is 5.69 Å². The van der Waals surface area contributed by atoms with Crippen molar-refractivity contribution in [3.8, 4) is 6.07 Å². The number of aromatic nitrogens is 1. The lowest BCUT2D eigenvalue weighted by atomic mass is 9.95. The van der Waals surface area contributed by atoms with Crippen molar-refractivity contribution in [1.82, 2.24) is 14.6 Å². The highest BCUT2D eigenvalue weighted by Crippen LogP contribution is 2.37. The minimum atomic E-state index is -3.66. The summed E-state index contributed by atoms with van der Waals surface area (Å²) >= 11 is 0. The molecule has 4 rings (SSSR count). The molecule has 1 aromatic carbocycles. The fourth-order valence-corrected chi connectivity index (χ4v) is 4.74. The summed E-state index contributed by atoms with van der Waals surface area (Å²) < 4.78 is 27.6. The third-order valence-corrected chi connectivity index (χ3v) is 6.74. The number of pyridine rings is 1. The maximum atomic E-state index is 12.5. The van der Waals surface area contributed by atoms with Gasteiger partial charge in [-0.3, -0.25) is 9.78 Å².